The number of hydrogen-bond donors (Lipinski definition) is 1. The first-order valence-electron chi connectivity index (χ1n) is 9.33. The van der Waals surface area contributed by atoms with E-state index in [9.17, 15) is 14.7 Å². The molecule has 0 aromatic heterocycles. The molecule has 1 heterocycles. The van der Waals surface area contributed by atoms with Crippen LogP contribution in [0.25, 0.3) is 0 Å². The average molecular weight is 444 g/mol. The molecule has 1 N–H and O–H groups in total. The van der Waals surface area contributed by atoms with E-state index in [-0.39, 0.29) is 17.4 Å². The van der Waals surface area contributed by atoms with E-state index in [2.05, 4.69) is 57.5 Å². The van der Waals surface area contributed by atoms with Gasteiger partial charge < -0.3 is 10.0 Å². The van der Waals surface area contributed by atoms with Gasteiger partial charge in [0, 0.05) is 4.47 Å². The maximum atomic E-state index is 12.6. The van der Waals surface area contributed by atoms with Crippen molar-refractivity contribution in [2.45, 2.75) is 58.9 Å². The number of carbonyl (C=O) groups is 2. The number of fused-ring (bicyclic) bond motifs is 1. The Balaban J connectivity index is 2.12. The molecule has 2 aromatic rings. The Labute approximate surface area is 174 Å². The van der Waals surface area contributed by atoms with Crippen molar-refractivity contribution >= 4 is 33.3 Å². The highest BCUT2D eigenvalue weighted by Crippen LogP contribution is 2.41. The van der Waals surface area contributed by atoms with E-state index in [1.165, 1.54) is 4.90 Å². The summed E-state index contributed by atoms with van der Waals surface area (Å²) in [5.41, 5.74) is 3.09. The van der Waals surface area contributed by atoms with Gasteiger partial charge >= 0.3 is 0 Å². The Hall–Kier alpha value is -2.14. The molecular weight excluding hydrogens is 418 g/mol. The van der Waals surface area contributed by atoms with Crippen molar-refractivity contribution in [3.8, 4) is 5.75 Å². The van der Waals surface area contributed by atoms with Crippen molar-refractivity contribution in [3.05, 3.63) is 57.1 Å². The first-order chi connectivity index (χ1) is 12.8. The zero-order valence-electron chi connectivity index (χ0n) is 17.2. The number of carbonyl (C=O) groups excluding carboxylic acids is 2. The summed E-state index contributed by atoms with van der Waals surface area (Å²) < 4.78 is 0.815. The SMILES string of the molecule is CC(C)(C)c1cc(CN2C(=O)C(=O)c3ccc(Br)cc32)cc(C(C)(C)C)c1O. The molecule has 0 fully saturated rings. The molecule has 1 aliphatic heterocycles. The highest BCUT2D eigenvalue weighted by molar-refractivity contribution is 9.10. The Bertz CT molecular complexity index is 945. The molecule has 0 aliphatic carbocycles. The summed E-state index contributed by atoms with van der Waals surface area (Å²) in [6, 6.07) is 9.13. The number of benzene rings is 2. The van der Waals surface area contributed by atoms with Crippen LogP contribution < -0.4 is 4.90 Å². The normalized spacial score (nSPS) is 14.6. The summed E-state index contributed by atoms with van der Waals surface area (Å²) >= 11 is 3.42. The lowest BCUT2D eigenvalue weighted by molar-refractivity contribution is -0.114. The lowest BCUT2D eigenvalue weighted by Gasteiger charge is -2.29. The van der Waals surface area contributed by atoms with Crippen LogP contribution in [0.1, 0.15) is 68.6 Å². The van der Waals surface area contributed by atoms with E-state index in [1.54, 1.807) is 18.2 Å². The van der Waals surface area contributed by atoms with Crippen LogP contribution in [0.4, 0.5) is 5.69 Å². The number of phenols is 1. The maximum absolute atomic E-state index is 12.6. The lowest BCUT2D eigenvalue weighted by Crippen LogP contribution is -2.29. The number of ketones is 1. The van der Waals surface area contributed by atoms with Crippen LogP contribution in [0.15, 0.2) is 34.8 Å². The van der Waals surface area contributed by atoms with Gasteiger partial charge in [-0.15, -0.1) is 0 Å². The summed E-state index contributed by atoms with van der Waals surface area (Å²) in [5.74, 6) is -0.695. The number of Topliss-reactive ketones (excluding diaryl/α,β-unsaturated/α-hetero) is 1. The summed E-state index contributed by atoms with van der Waals surface area (Å²) in [7, 11) is 0. The van der Waals surface area contributed by atoms with E-state index >= 15 is 0 Å². The minimum absolute atomic E-state index is 0.258. The monoisotopic (exact) mass is 443 g/mol. The van der Waals surface area contributed by atoms with Crippen LogP contribution in [0.5, 0.6) is 5.75 Å². The zero-order chi connectivity index (χ0) is 21.0. The summed E-state index contributed by atoms with van der Waals surface area (Å²) in [5, 5.41) is 10.9. The van der Waals surface area contributed by atoms with Crippen molar-refractivity contribution in [1.82, 2.24) is 0 Å². The Kier molecular flexibility index (Phi) is 4.95. The number of hydrogen-bond acceptors (Lipinski definition) is 3. The Morgan fingerprint density at radius 3 is 1.96 bits per heavy atom. The molecule has 0 unspecified atom stereocenters. The van der Waals surface area contributed by atoms with E-state index in [1.807, 2.05) is 12.1 Å². The highest BCUT2D eigenvalue weighted by atomic mass is 79.9. The smallest absolute Gasteiger partial charge is 0.299 e. The number of anilines is 1. The summed E-state index contributed by atoms with van der Waals surface area (Å²) in [6.07, 6.45) is 0. The molecule has 28 heavy (non-hydrogen) atoms. The predicted molar refractivity (Wildman–Crippen MR) is 115 cm³/mol. The van der Waals surface area contributed by atoms with Crippen molar-refractivity contribution in [2.75, 3.05) is 4.90 Å². The fourth-order valence-electron chi connectivity index (χ4n) is 3.54. The molecule has 5 heteroatoms. The van der Waals surface area contributed by atoms with Crippen molar-refractivity contribution in [3.63, 3.8) is 0 Å². The Morgan fingerprint density at radius 2 is 1.46 bits per heavy atom. The van der Waals surface area contributed by atoms with Gasteiger partial charge in [-0.25, -0.2) is 0 Å². The van der Waals surface area contributed by atoms with E-state index in [4.69, 9.17) is 0 Å². The predicted octanol–water partition coefficient (Wildman–Crippen LogP) is 5.48. The second-order valence-electron chi connectivity index (χ2n) is 9.42. The van der Waals surface area contributed by atoms with Gasteiger partial charge in [-0.1, -0.05) is 57.5 Å². The van der Waals surface area contributed by atoms with E-state index in [0.717, 1.165) is 21.2 Å². The van der Waals surface area contributed by atoms with Crippen molar-refractivity contribution < 1.29 is 14.7 Å². The third kappa shape index (κ3) is 3.60. The van der Waals surface area contributed by atoms with Crippen LogP contribution in [-0.2, 0) is 22.2 Å². The first kappa shape index (κ1) is 20.6. The number of amides is 1. The maximum Gasteiger partial charge on any atom is 0.299 e. The van der Waals surface area contributed by atoms with Crippen LogP contribution in [-0.4, -0.2) is 16.8 Å². The highest BCUT2D eigenvalue weighted by Gasteiger charge is 2.36. The third-order valence-corrected chi connectivity index (χ3v) is 5.55. The molecule has 1 amide bonds. The molecule has 2 aromatic carbocycles. The molecule has 3 rings (SSSR count). The van der Waals surface area contributed by atoms with Gasteiger partial charge in [0.1, 0.15) is 5.75 Å². The molecule has 0 radical (unpaired) electrons. The summed E-state index contributed by atoms with van der Waals surface area (Å²) in [4.78, 5) is 26.5. The molecule has 0 saturated heterocycles. The third-order valence-electron chi connectivity index (χ3n) is 5.06. The topological polar surface area (TPSA) is 57.6 Å². The fourth-order valence-corrected chi connectivity index (χ4v) is 3.88. The summed E-state index contributed by atoms with van der Waals surface area (Å²) in [6.45, 7) is 12.6. The Morgan fingerprint density at radius 1 is 0.929 bits per heavy atom. The van der Waals surface area contributed by atoms with E-state index < -0.39 is 11.7 Å². The number of rotatable bonds is 2. The van der Waals surface area contributed by atoms with Gasteiger partial charge in [0.05, 0.1) is 17.8 Å². The second-order valence-corrected chi connectivity index (χ2v) is 10.3. The number of aromatic hydroxyl groups is 1. The van der Waals surface area contributed by atoms with Crippen molar-refractivity contribution in [2.24, 2.45) is 0 Å². The van der Waals surface area contributed by atoms with Gasteiger partial charge in [-0.2, -0.15) is 0 Å². The lowest BCUT2D eigenvalue weighted by atomic mass is 9.78. The second kappa shape index (κ2) is 6.73. The zero-order valence-corrected chi connectivity index (χ0v) is 18.8. The molecule has 0 saturated carbocycles. The quantitative estimate of drug-likeness (QED) is 0.625. The number of halogens is 1. The number of nitrogens with zero attached hydrogens (tertiary/aromatic N) is 1. The van der Waals surface area contributed by atoms with Crippen LogP contribution in [0.3, 0.4) is 0 Å². The minimum atomic E-state index is -0.518. The van der Waals surface area contributed by atoms with Gasteiger partial charge in [-0.3, -0.25) is 9.59 Å². The van der Waals surface area contributed by atoms with Gasteiger partial charge in [0.25, 0.3) is 11.7 Å². The molecular formula is C23H26BrNO3. The van der Waals surface area contributed by atoms with E-state index in [0.29, 0.717) is 17.0 Å². The molecule has 0 spiro atoms. The molecule has 148 valence electrons. The molecule has 4 nitrogen and oxygen atoms in total. The standard InChI is InChI=1S/C23H26BrNO3/c1-22(2,3)16-9-13(10-17(20(16)27)23(4,5)6)12-25-18-11-14(24)7-8-15(18)19(26)21(25)28/h7-11,27H,12H2,1-6H3. The van der Waals surface area contributed by atoms with Crippen LogP contribution in [0.2, 0.25) is 0 Å². The molecule has 1 aliphatic rings. The van der Waals surface area contributed by atoms with Crippen molar-refractivity contribution in [1.29, 1.82) is 0 Å². The average Bonchev–Trinajstić information content (AvgIpc) is 2.78. The minimum Gasteiger partial charge on any atom is -0.507 e. The molecule has 0 bridgehead atoms. The molecule has 0 atom stereocenters. The number of phenolic OH excluding ortho intramolecular Hbond substituents is 1. The fraction of sp³-hybridized carbons (Fsp3) is 0.391. The van der Waals surface area contributed by atoms with Gasteiger partial charge in [0.2, 0.25) is 0 Å². The largest absolute Gasteiger partial charge is 0.507 e. The van der Waals surface area contributed by atoms with Crippen LogP contribution in [0, 0.1) is 0 Å². The van der Waals surface area contributed by atoms with Gasteiger partial charge in [-0.05, 0) is 57.9 Å². The van der Waals surface area contributed by atoms with Crippen LogP contribution >= 0.6 is 15.9 Å². The van der Waals surface area contributed by atoms with Gasteiger partial charge in [0.15, 0.2) is 0 Å². The first-order valence-corrected chi connectivity index (χ1v) is 10.1.